The first-order chi connectivity index (χ1) is 7.88. The molecule has 6 heteroatoms. The van der Waals surface area contributed by atoms with E-state index in [2.05, 4.69) is 20.7 Å². The van der Waals surface area contributed by atoms with Crippen molar-refractivity contribution in [2.24, 2.45) is 11.8 Å². The van der Waals surface area contributed by atoms with Gasteiger partial charge in [-0.2, -0.15) is 0 Å². The summed E-state index contributed by atoms with van der Waals surface area (Å²) in [7, 11) is 0. The van der Waals surface area contributed by atoms with Crippen LogP contribution < -0.4 is 16.6 Å². The van der Waals surface area contributed by atoms with Crippen molar-refractivity contribution in [1.29, 1.82) is 0 Å². The van der Waals surface area contributed by atoms with Gasteiger partial charge in [-0.1, -0.05) is 0 Å². The molecule has 1 aliphatic rings. The summed E-state index contributed by atoms with van der Waals surface area (Å²) in [5.74, 6) is 7.23. The third-order valence-electron chi connectivity index (χ3n) is 2.64. The van der Waals surface area contributed by atoms with Crippen LogP contribution in [-0.2, 0) is 4.74 Å². The highest BCUT2D eigenvalue weighted by Crippen LogP contribution is 2.14. The molecule has 6 nitrogen and oxygen atoms in total. The smallest absolute Gasteiger partial charge is 0.145 e. The van der Waals surface area contributed by atoms with Crippen LogP contribution in [0.5, 0.6) is 0 Å². The van der Waals surface area contributed by atoms with Gasteiger partial charge in [-0.15, -0.1) is 0 Å². The lowest BCUT2D eigenvalue weighted by atomic mass is 10.0. The Balaban J connectivity index is 1.83. The lowest BCUT2D eigenvalue weighted by molar-refractivity contribution is 0.0595. The Morgan fingerprint density at radius 1 is 1.44 bits per heavy atom. The average Bonchev–Trinajstić information content (AvgIpc) is 2.38. The molecule has 1 aliphatic heterocycles. The SMILES string of the molecule is NNc1cc(NCC2CCCOC2)ncn1. The summed E-state index contributed by atoms with van der Waals surface area (Å²) in [5.41, 5.74) is 2.49. The van der Waals surface area contributed by atoms with Crippen LogP contribution in [0.4, 0.5) is 11.6 Å². The lowest BCUT2D eigenvalue weighted by Crippen LogP contribution is -2.24. The van der Waals surface area contributed by atoms with Crippen LogP contribution >= 0.6 is 0 Å². The van der Waals surface area contributed by atoms with Crippen LogP contribution in [0.25, 0.3) is 0 Å². The molecule has 2 rings (SSSR count). The summed E-state index contributed by atoms with van der Waals surface area (Å²) in [6.07, 6.45) is 3.83. The Morgan fingerprint density at radius 3 is 3.06 bits per heavy atom. The van der Waals surface area contributed by atoms with E-state index in [4.69, 9.17) is 10.6 Å². The van der Waals surface area contributed by atoms with Gasteiger partial charge in [0.05, 0.1) is 6.61 Å². The van der Waals surface area contributed by atoms with Gasteiger partial charge in [-0.05, 0) is 18.8 Å². The van der Waals surface area contributed by atoms with Crippen LogP contribution in [-0.4, -0.2) is 29.7 Å². The molecule has 0 aliphatic carbocycles. The minimum atomic E-state index is 0.568. The first kappa shape index (κ1) is 11.1. The third kappa shape index (κ3) is 3.04. The van der Waals surface area contributed by atoms with Crippen molar-refractivity contribution in [3.05, 3.63) is 12.4 Å². The standard InChI is InChI=1S/C10H17N5O/c11-15-10-4-9(13-7-14-10)12-5-8-2-1-3-16-6-8/h4,7-8H,1-3,5-6,11H2,(H2,12,13,14,15). The second kappa shape index (κ2) is 5.62. The Hall–Kier alpha value is -1.40. The number of aromatic nitrogens is 2. The Morgan fingerprint density at radius 2 is 2.31 bits per heavy atom. The van der Waals surface area contributed by atoms with Crippen molar-refractivity contribution in [3.8, 4) is 0 Å². The fraction of sp³-hybridized carbons (Fsp3) is 0.600. The molecule has 0 bridgehead atoms. The maximum atomic E-state index is 5.41. The summed E-state index contributed by atoms with van der Waals surface area (Å²) < 4.78 is 5.41. The molecule has 4 N–H and O–H groups in total. The van der Waals surface area contributed by atoms with E-state index in [1.165, 1.54) is 12.7 Å². The predicted molar refractivity (Wildman–Crippen MR) is 61.9 cm³/mol. The highest BCUT2D eigenvalue weighted by Gasteiger charge is 2.13. The molecule has 0 saturated carbocycles. The van der Waals surface area contributed by atoms with Crippen molar-refractivity contribution < 1.29 is 4.74 Å². The van der Waals surface area contributed by atoms with Crippen molar-refractivity contribution in [3.63, 3.8) is 0 Å². The molecule has 1 unspecified atom stereocenters. The highest BCUT2D eigenvalue weighted by atomic mass is 16.5. The molecule has 88 valence electrons. The number of anilines is 2. The van der Waals surface area contributed by atoms with E-state index in [0.29, 0.717) is 11.7 Å². The predicted octanol–water partition coefficient (Wildman–Crippen LogP) is 0.601. The molecule has 1 atom stereocenters. The van der Waals surface area contributed by atoms with E-state index < -0.39 is 0 Å². The second-order valence-electron chi connectivity index (χ2n) is 3.90. The number of nitrogens with zero attached hydrogens (tertiary/aromatic N) is 2. The second-order valence-corrected chi connectivity index (χ2v) is 3.90. The molecule has 1 aromatic rings. The largest absolute Gasteiger partial charge is 0.381 e. The first-order valence-corrected chi connectivity index (χ1v) is 5.49. The van der Waals surface area contributed by atoms with Gasteiger partial charge in [0, 0.05) is 19.2 Å². The molecule has 0 aromatic carbocycles. The van der Waals surface area contributed by atoms with E-state index in [0.717, 1.165) is 32.0 Å². The lowest BCUT2D eigenvalue weighted by Gasteiger charge is -2.22. The van der Waals surface area contributed by atoms with E-state index in [-0.39, 0.29) is 0 Å². The van der Waals surface area contributed by atoms with Gasteiger partial charge in [0.15, 0.2) is 0 Å². The normalized spacial score (nSPS) is 20.4. The van der Waals surface area contributed by atoms with Crippen LogP contribution in [0.1, 0.15) is 12.8 Å². The number of rotatable bonds is 4. The molecule has 1 aromatic heterocycles. The molecule has 0 spiro atoms. The van der Waals surface area contributed by atoms with Gasteiger partial charge in [0.2, 0.25) is 0 Å². The fourth-order valence-corrected chi connectivity index (χ4v) is 1.75. The number of hydrogen-bond acceptors (Lipinski definition) is 6. The molecule has 1 saturated heterocycles. The van der Waals surface area contributed by atoms with Gasteiger partial charge in [0.1, 0.15) is 18.0 Å². The van der Waals surface area contributed by atoms with E-state index in [1.54, 1.807) is 6.07 Å². The zero-order valence-corrected chi connectivity index (χ0v) is 9.15. The Labute approximate surface area is 94.6 Å². The summed E-state index contributed by atoms with van der Waals surface area (Å²) in [5, 5.41) is 3.26. The third-order valence-corrected chi connectivity index (χ3v) is 2.64. The summed E-state index contributed by atoms with van der Waals surface area (Å²) in [6, 6.07) is 1.78. The summed E-state index contributed by atoms with van der Waals surface area (Å²) in [6.45, 7) is 2.60. The van der Waals surface area contributed by atoms with Gasteiger partial charge in [-0.3, -0.25) is 0 Å². The summed E-state index contributed by atoms with van der Waals surface area (Å²) in [4.78, 5) is 8.05. The number of nitrogens with one attached hydrogen (secondary N) is 2. The molecule has 1 fully saturated rings. The number of hydrazine groups is 1. The van der Waals surface area contributed by atoms with E-state index in [1.807, 2.05) is 0 Å². The van der Waals surface area contributed by atoms with Gasteiger partial charge in [0.25, 0.3) is 0 Å². The highest BCUT2D eigenvalue weighted by molar-refractivity contribution is 5.45. The number of nitrogen functional groups attached to an aromatic ring is 1. The van der Waals surface area contributed by atoms with Gasteiger partial charge in [-0.25, -0.2) is 15.8 Å². The Kier molecular flexibility index (Phi) is 3.90. The molecule has 16 heavy (non-hydrogen) atoms. The van der Waals surface area contributed by atoms with Crippen LogP contribution in [0.2, 0.25) is 0 Å². The van der Waals surface area contributed by atoms with E-state index >= 15 is 0 Å². The molecule has 0 amide bonds. The minimum absolute atomic E-state index is 0.568. The van der Waals surface area contributed by atoms with Crippen LogP contribution in [0.3, 0.4) is 0 Å². The van der Waals surface area contributed by atoms with Crippen molar-refractivity contribution >= 4 is 11.6 Å². The number of ether oxygens (including phenoxy) is 1. The van der Waals surface area contributed by atoms with Crippen LogP contribution in [0.15, 0.2) is 12.4 Å². The van der Waals surface area contributed by atoms with Crippen molar-refractivity contribution in [2.75, 3.05) is 30.5 Å². The van der Waals surface area contributed by atoms with Crippen molar-refractivity contribution in [2.45, 2.75) is 12.8 Å². The maximum Gasteiger partial charge on any atom is 0.145 e. The maximum absolute atomic E-state index is 5.41. The average molecular weight is 223 g/mol. The number of nitrogens with two attached hydrogens (primary N) is 1. The number of hydrogen-bond donors (Lipinski definition) is 3. The van der Waals surface area contributed by atoms with Crippen LogP contribution in [0, 0.1) is 5.92 Å². The molecule has 0 radical (unpaired) electrons. The molecular weight excluding hydrogens is 206 g/mol. The molecule has 2 heterocycles. The zero-order chi connectivity index (χ0) is 11.2. The van der Waals surface area contributed by atoms with Gasteiger partial charge >= 0.3 is 0 Å². The quantitative estimate of drug-likeness (QED) is 0.512. The monoisotopic (exact) mass is 223 g/mol. The first-order valence-electron chi connectivity index (χ1n) is 5.49. The summed E-state index contributed by atoms with van der Waals surface area (Å²) >= 11 is 0. The Bertz CT molecular complexity index is 327. The van der Waals surface area contributed by atoms with Crippen molar-refractivity contribution in [1.82, 2.24) is 9.97 Å². The zero-order valence-electron chi connectivity index (χ0n) is 9.15. The molecular formula is C10H17N5O. The minimum Gasteiger partial charge on any atom is -0.381 e. The fourth-order valence-electron chi connectivity index (χ4n) is 1.75. The van der Waals surface area contributed by atoms with E-state index in [9.17, 15) is 0 Å². The van der Waals surface area contributed by atoms with Gasteiger partial charge < -0.3 is 15.5 Å². The topological polar surface area (TPSA) is 85.1 Å².